The molecule has 2 aromatic heterocycles. The van der Waals surface area contributed by atoms with Gasteiger partial charge in [0.05, 0.1) is 6.61 Å². The van der Waals surface area contributed by atoms with E-state index in [0.717, 1.165) is 40.4 Å². The first kappa shape index (κ1) is 19.6. The molecule has 0 fully saturated rings. The molecule has 152 valence electrons. The van der Waals surface area contributed by atoms with E-state index in [9.17, 15) is 4.79 Å². The Hall–Kier alpha value is -3.67. The minimum Gasteiger partial charge on any atom is -0.494 e. The highest BCUT2D eigenvalue weighted by atomic mass is 16.5. The molecule has 4 rings (SSSR count). The first-order chi connectivity index (χ1) is 14.7. The summed E-state index contributed by atoms with van der Waals surface area (Å²) in [5.41, 5.74) is 4.07. The monoisotopic (exact) mass is 400 g/mol. The van der Waals surface area contributed by atoms with E-state index in [1.54, 1.807) is 6.20 Å². The lowest BCUT2D eigenvalue weighted by atomic mass is 10.1. The normalized spacial score (nSPS) is 10.9. The van der Waals surface area contributed by atoms with Crippen LogP contribution in [0.25, 0.3) is 16.9 Å². The third-order valence-corrected chi connectivity index (χ3v) is 4.80. The Morgan fingerprint density at radius 2 is 1.93 bits per heavy atom. The first-order valence-electron chi connectivity index (χ1n) is 10.1. The average Bonchev–Trinajstić information content (AvgIpc) is 3.12. The Balaban J connectivity index is 1.48. The van der Waals surface area contributed by atoms with Crippen molar-refractivity contribution in [3.63, 3.8) is 0 Å². The van der Waals surface area contributed by atoms with Crippen LogP contribution < -0.4 is 10.1 Å². The Morgan fingerprint density at radius 1 is 1.10 bits per heavy atom. The average molecular weight is 400 g/mol. The predicted molar refractivity (Wildman–Crippen MR) is 117 cm³/mol. The number of nitrogens with one attached hydrogen (secondary N) is 1. The van der Waals surface area contributed by atoms with Crippen LogP contribution in [0.1, 0.15) is 35.1 Å². The summed E-state index contributed by atoms with van der Waals surface area (Å²) < 4.78 is 7.55. The highest BCUT2D eigenvalue weighted by molar-refractivity contribution is 5.94. The molecule has 0 saturated heterocycles. The summed E-state index contributed by atoms with van der Waals surface area (Å²) in [4.78, 5) is 21.7. The van der Waals surface area contributed by atoms with Gasteiger partial charge in [0, 0.05) is 24.0 Å². The standard InChI is InChI=1S/C24H24N4O2/c1-3-14-30-21-11-9-18(10-12-21)16-26-24(29)19-6-4-7-20(15-19)28-17(2)27-22-8-5-13-25-23(22)28/h4-13,15H,3,14,16H2,1-2H3,(H,26,29). The number of carbonyl (C=O) groups is 1. The highest BCUT2D eigenvalue weighted by Crippen LogP contribution is 2.20. The molecule has 0 aliphatic carbocycles. The quantitative estimate of drug-likeness (QED) is 0.498. The topological polar surface area (TPSA) is 69.0 Å². The zero-order valence-electron chi connectivity index (χ0n) is 17.1. The van der Waals surface area contributed by atoms with Gasteiger partial charge in [-0.15, -0.1) is 0 Å². The maximum atomic E-state index is 12.7. The van der Waals surface area contributed by atoms with Gasteiger partial charge in [-0.05, 0) is 61.4 Å². The fourth-order valence-electron chi connectivity index (χ4n) is 3.33. The number of imidazole rings is 1. The summed E-state index contributed by atoms with van der Waals surface area (Å²) in [6.07, 6.45) is 2.72. The van der Waals surface area contributed by atoms with Crippen molar-refractivity contribution in [3.8, 4) is 11.4 Å². The number of fused-ring (bicyclic) bond motifs is 1. The molecular formula is C24H24N4O2. The van der Waals surface area contributed by atoms with Crippen LogP contribution >= 0.6 is 0 Å². The second-order valence-electron chi connectivity index (χ2n) is 7.07. The Labute approximate surface area is 175 Å². The Kier molecular flexibility index (Phi) is 5.75. The first-order valence-corrected chi connectivity index (χ1v) is 10.1. The van der Waals surface area contributed by atoms with Gasteiger partial charge < -0.3 is 10.1 Å². The van der Waals surface area contributed by atoms with Gasteiger partial charge in [0.25, 0.3) is 5.91 Å². The molecule has 0 radical (unpaired) electrons. The van der Waals surface area contributed by atoms with Gasteiger partial charge in [0.2, 0.25) is 0 Å². The number of aromatic nitrogens is 3. The Morgan fingerprint density at radius 3 is 2.73 bits per heavy atom. The third-order valence-electron chi connectivity index (χ3n) is 4.80. The van der Waals surface area contributed by atoms with Crippen molar-refractivity contribution >= 4 is 17.1 Å². The molecule has 1 N–H and O–H groups in total. The zero-order chi connectivity index (χ0) is 20.9. The van der Waals surface area contributed by atoms with Gasteiger partial charge in [0.15, 0.2) is 5.65 Å². The lowest BCUT2D eigenvalue weighted by molar-refractivity contribution is 0.0951. The van der Waals surface area contributed by atoms with Crippen LogP contribution in [0.5, 0.6) is 5.75 Å². The maximum absolute atomic E-state index is 12.7. The molecule has 1 amide bonds. The molecule has 2 heterocycles. The summed E-state index contributed by atoms with van der Waals surface area (Å²) in [6, 6.07) is 19.1. The maximum Gasteiger partial charge on any atom is 0.251 e. The molecule has 0 saturated carbocycles. The fraction of sp³-hybridized carbons (Fsp3) is 0.208. The molecule has 0 bridgehead atoms. The van der Waals surface area contributed by atoms with Crippen molar-refractivity contribution < 1.29 is 9.53 Å². The second kappa shape index (κ2) is 8.78. The molecule has 6 nitrogen and oxygen atoms in total. The van der Waals surface area contributed by atoms with E-state index in [1.165, 1.54) is 0 Å². The molecule has 0 unspecified atom stereocenters. The molecule has 0 aliphatic heterocycles. The van der Waals surface area contributed by atoms with Crippen molar-refractivity contribution in [1.82, 2.24) is 19.9 Å². The van der Waals surface area contributed by atoms with Crippen LogP contribution in [0.3, 0.4) is 0 Å². The summed E-state index contributed by atoms with van der Waals surface area (Å²) in [5, 5.41) is 2.98. The summed E-state index contributed by atoms with van der Waals surface area (Å²) >= 11 is 0. The van der Waals surface area contributed by atoms with Crippen LogP contribution in [0.15, 0.2) is 66.9 Å². The highest BCUT2D eigenvalue weighted by Gasteiger charge is 2.12. The molecule has 0 atom stereocenters. The summed E-state index contributed by atoms with van der Waals surface area (Å²) in [5.74, 6) is 1.54. The van der Waals surface area contributed by atoms with Crippen LogP contribution in [-0.2, 0) is 6.54 Å². The zero-order valence-corrected chi connectivity index (χ0v) is 17.1. The largest absolute Gasteiger partial charge is 0.494 e. The van der Waals surface area contributed by atoms with E-state index in [0.29, 0.717) is 18.7 Å². The number of benzene rings is 2. The summed E-state index contributed by atoms with van der Waals surface area (Å²) in [7, 11) is 0. The van der Waals surface area contributed by atoms with E-state index < -0.39 is 0 Å². The van der Waals surface area contributed by atoms with Gasteiger partial charge in [-0.3, -0.25) is 9.36 Å². The second-order valence-corrected chi connectivity index (χ2v) is 7.07. The fourth-order valence-corrected chi connectivity index (χ4v) is 3.33. The molecule has 2 aromatic carbocycles. The van der Waals surface area contributed by atoms with Gasteiger partial charge in [-0.25, -0.2) is 9.97 Å². The predicted octanol–water partition coefficient (Wildman–Crippen LogP) is 4.45. The van der Waals surface area contributed by atoms with Crippen molar-refractivity contribution in [3.05, 3.63) is 83.8 Å². The SMILES string of the molecule is CCCOc1ccc(CNC(=O)c2cccc(-n3c(C)nc4cccnc43)c2)cc1. The van der Waals surface area contributed by atoms with Crippen molar-refractivity contribution in [2.75, 3.05) is 6.61 Å². The number of pyridine rings is 1. The lowest BCUT2D eigenvalue weighted by Crippen LogP contribution is -2.22. The number of hydrogen-bond donors (Lipinski definition) is 1. The van der Waals surface area contributed by atoms with E-state index in [4.69, 9.17) is 4.74 Å². The molecule has 0 spiro atoms. The van der Waals surface area contributed by atoms with E-state index in [-0.39, 0.29) is 5.91 Å². The van der Waals surface area contributed by atoms with Gasteiger partial charge >= 0.3 is 0 Å². The molecule has 4 aromatic rings. The molecule has 6 heteroatoms. The minimum atomic E-state index is -0.127. The minimum absolute atomic E-state index is 0.127. The number of amides is 1. The number of ether oxygens (including phenoxy) is 1. The third kappa shape index (κ3) is 4.17. The van der Waals surface area contributed by atoms with E-state index in [2.05, 4.69) is 22.2 Å². The number of aryl methyl sites for hydroxylation is 1. The summed E-state index contributed by atoms with van der Waals surface area (Å²) in [6.45, 7) is 5.16. The Bertz CT molecular complexity index is 1170. The van der Waals surface area contributed by atoms with Crippen LogP contribution in [0.2, 0.25) is 0 Å². The van der Waals surface area contributed by atoms with Crippen LogP contribution in [-0.4, -0.2) is 27.0 Å². The van der Waals surface area contributed by atoms with Crippen molar-refractivity contribution in [2.24, 2.45) is 0 Å². The van der Waals surface area contributed by atoms with Gasteiger partial charge in [-0.1, -0.05) is 25.1 Å². The van der Waals surface area contributed by atoms with Gasteiger partial charge in [0.1, 0.15) is 17.1 Å². The van der Waals surface area contributed by atoms with Gasteiger partial charge in [-0.2, -0.15) is 0 Å². The van der Waals surface area contributed by atoms with Crippen LogP contribution in [0, 0.1) is 6.92 Å². The molecule has 30 heavy (non-hydrogen) atoms. The number of hydrogen-bond acceptors (Lipinski definition) is 4. The number of rotatable bonds is 7. The van der Waals surface area contributed by atoms with E-state index in [1.807, 2.05) is 72.2 Å². The number of nitrogens with zero attached hydrogens (tertiary/aromatic N) is 3. The van der Waals surface area contributed by atoms with Crippen molar-refractivity contribution in [2.45, 2.75) is 26.8 Å². The molecule has 0 aliphatic rings. The van der Waals surface area contributed by atoms with E-state index >= 15 is 0 Å². The number of carbonyl (C=O) groups excluding carboxylic acids is 1. The smallest absolute Gasteiger partial charge is 0.251 e. The lowest BCUT2D eigenvalue weighted by Gasteiger charge is -2.10. The van der Waals surface area contributed by atoms with Crippen LogP contribution in [0.4, 0.5) is 0 Å². The molecular weight excluding hydrogens is 376 g/mol. The van der Waals surface area contributed by atoms with Crippen molar-refractivity contribution in [1.29, 1.82) is 0 Å².